The summed E-state index contributed by atoms with van der Waals surface area (Å²) < 4.78 is 29.8. The number of halogens is 2. The minimum absolute atomic E-state index is 0.297. The number of hydrogen-bond acceptors (Lipinski definition) is 5. The van der Waals surface area contributed by atoms with Crippen LogP contribution in [0.4, 0.5) is 8.78 Å². The fourth-order valence-corrected chi connectivity index (χ4v) is 4.71. The van der Waals surface area contributed by atoms with Crippen LogP contribution in [0.15, 0.2) is 60.9 Å². The van der Waals surface area contributed by atoms with Crippen molar-refractivity contribution in [3.8, 4) is 22.6 Å². The Kier molecular flexibility index (Phi) is 4.55. The third-order valence-electron chi connectivity index (χ3n) is 3.42. The molecule has 26 heavy (non-hydrogen) atoms. The molecule has 0 saturated heterocycles. The predicted octanol–water partition coefficient (Wildman–Crippen LogP) is 2.25. The van der Waals surface area contributed by atoms with Crippen LogP contribution in [0.25, 0.3) is 22.6 Å². The van der Waals surface area contributed by atoms with Crippen molar-refractivity contribution in [2.75, 3.05) is 0 Å². The number of aromatic nitrogens is 6. The SMILES string of the molecule is Fc1ccc(-c2cccn[c]2[Ir][n]2nnnc2-c2ccccn2)c(F)c1. The monoisotopic (exact) mass is 529 g/mol. The van der Waals surface area contributed by atoms with E-state index in [1.807, 2.05) is 18.2 Å². The molecule has 6 nitrogen and oxygen atoms in total. The fourth-order valence-electron chi connectivity index (χ4n) is 2.27. The first-order valence-corrected chi connectivity index (χ1v) is 9.71. The van der Waals surface area contributed by atoms with E-state index in [9.17, 15) is 8.78 Å². The molecule has 0 aliphatic carbocycles. The van der Waals surface area contributed by atoms with Gasteiger partial charge in [0.1, 0.15) is 0 Å². The molecule has 0 aliphatic rings. The quantitative estimate of drug-likeness (QED) is 0.407. The number of hydrogen-bond donors (Lipinski definition) is 0. The first-order valence-electron chi connectivity index (χ1n) is 7.44. The number of rotatable bonds is 4. The molecule has 0 aliphatic heterocycles. The van der Waals surface area contributed by atoms with Crippen LogP contribution in [0.1, 0.15) is 0 Å². The molecule has 3 aromatic heterocycles. The predicted molar refractivity (Wildman–Crippen MR) is 85.7 cm³/mol. The molecule has 3 heterocycles. The molecule has 0 amide bonds. The number of tetrazole rings is 1. The molecule has 0 bridgehead atoms. The second kappa shape index (κ2) is 7.15. The van der Waals surface area contributed by atoms with Crippen molar-refractivity contribution in [2.45, 2.75) is 0 Å². The van der Waals surface area contributed by atoms with Gasteiger partial charge in [-0.3, -0.25) is 0 Å². The summed E-state index contributed by atoms with van der Waals surface area (Å²) >= 11 is -1.14. The topological polar surface area (TPSA) is 69.4 Å². The van der Waals surface area contributed by atoms with Crippen molar-refractivity contribution in [2.24, 2.45) is 0 Å². The van der Waals surface area contributed by atoms with Crippen LogP contribution in [-0.4, -0.2) is 28.8 Å². The van der Waals surface area contributed by atoms with Gasteiger partial charge in [-0.1, -0.05) is 0 Å². The number of nitrogens with zero attached hydrogens (tertiary/aromatic N) is 6. The summed E-state index contributed by atoms with van der Waals surface area (Å²) in [5, 5.41) is 11.8. The Labute approximate surface area is 155 Å². The van der Waals surface area contributed by atoms with Crippen molar-refractivity contribution >= 4 is 4.21 Å². The zero-order chi connectivity index (χ0) is 17.9. The van der Waals surface area contributed by atoms with E-state index in [0.29, 0.717) is 26.9 Å². The molecule has 131 valence electrons. The van der Waals surface area contributed by atoms with E-state index in [2.05, 4.69) is 25.5 Å². The van der Waals surface area contributed by atoms with E-state index in [1.54, 1.807) is 27.9 Å². The Bertz CT molecular complexity index is 1050. The van der Waals surface area contributed by atoms with Gasteiger partial charge >= 0.3 is 155 Å². The Morgan fingerprint density at radius 1 is 0.885 bits per heavy atom. The van der Waals surface area contributed by atoms with Crippen LogP contribution in [0.3, 0.4) is 0 Å². The molecule has 0 unspecified atom stereocenters. The van der Waals surface area contributed by atoms with Crippen LogP contribution in [0.5, 0.6) is 0 Å². The normalized spacial score (nSPS) is 11.0. The van der Waals surface area contributed by atoms with Crippen LogP contribution in [0, 0.1) is 11.6 Å². The summed E-state index contributed by atoms with van der Waals surface area (Å²) in [7, 11) is 0. The minimum atomic E-state index is -1.14. The summed E-state index contributed by atoms with van der Waals surface area (Å²) in [4.78, 5) is 8.65. The molecule has 1 aromatic carbocycles. The first kappa shape index (κ1) is 16.6. The van der Waals surface area contributed by atoms with Crippen LogP contribution in [0.2, 0.25) is 0 Å². The summed E-state index contributed by atoms with van der Waals surface area (Å²) in [5.41, 5.74) is 1.55. The third-order valence-corrected chi connectivity index (χ3v) is 6.11. The van der Waals surface area contributed by atoms with E-state index in [4.69, 9.17) is 0 Å². The second-order valence-corrected chi connectivity index (χ2v) is 7.76. The standard InChI is InChI=1S/C11H6F2N.C6H4N5.Ir/c12-9-3-4-10(11(13)6-9)8-2-1-5-14-7-8;1-2-4-7-5(3-1)6-8-10-11-9-6;/h1-6H;1-4H;/q;-1;+1. The Morgan fingerprint density at radius 2 is 1.77 bits per heavy atom. The molecule has 0 radical (unpaired) electrons. The van der Waals surface area contributed by atoms with Gasteiger partial charge in [0.15, 0.2) is 0 Å². The molecule has 0 saturated carbocycles. The van der Waals surface area contributed by atoms with Crippen molar-refractivity contribution in [1.29, 1.82) is 0 Å². The van der Waals surface area contributed by atoms with E-state index in [1.165, 1.54) is 12.1 Å². The van der Waals surface area contributed by atoms with Crippen molar-refractivity contribution in [1.82, 2.24) is 28.8 Å². The molecule has 4 rings (SSSR count). The molecule has 0 atom stereocenters. The van der Waals surface area contributed by atoms with Gasteiger partial charge in [-0.25, -0.2) is 0 Å². The maximum absolute atomic E-state index is 14.2. The average molecular weight is 529 g/mol. The van der Waals surface area contributed by atoms with Gasteiger partial charge < -0.3 is 0 Å². The summed E-state index contributed by atoms with van der Waals surface area (Å²) in [6.07, 6.45) is 3.29. The molecular weight excluding hydrogens is 518 g/mol. The average Bonchev–Trinajstić information content (AvgIpc) is 3.11. The third kappa shape index (κ3) is 3.26. The maximum atomic E-state index is 14.2. The Balaban J connectivity index is 1.74. The molecule has 4 aromatic rings. The fraction of sp³-hybridized carbons (Fsp3) is 0. The van der Waals surface area contributed by atoms with E-state index >= 15 is 0 Å². The summed E-state index contributed by atoms with van der Waals surface area (Å²) in [6.45, 7) is 0. The van der Waals surface area contributed by atoms with Gasteiger partial charge in [0.2, 0.25) is 0 Å². The van der Waals surface area contributed by atoms with Crippen molar-refractivity contribution in [3.63, 3.8) is 0 Å². The summed E-state index contributed by atoms with van der Waals surface area (Å²) in [6, 6.07) is 12.4. The molecule has 0 N–H and O–H groups in total. The molecule has 9 heteroatoms. The van der Waals surface area contributed by atoms with Gasteiger partial charge in [0, 0.05) is 0 Å². The molecule has 0 spiro atoms. The Hall–Kier alpha value is -2.90. The van der Waals surface area contributed by atoms with Crippen LogP contribution >= 0.6 is 0 Å². The van der Waals surface area contributed by atoms with E-state index in [0.717, 1.165) is 6.07 Å². The zero-order valence-electron chi connectivity index (χ0n) is 13.0. The van der Waals surface area contributed by atoms with Gasteiger partial charge in [0.25, 0.3) is 0 Å². The van der Waals surface area contributed by atoms with E-state index < -0.39 is 29.6 Å². The molecule has 0 fully saturated rings. The first-order chi connectivity index (χ1) is 12.7. The number of benzene rings is 1. The number of pyridine rings is 2. The van der Waals surface area contributed by atoms with Crippen LogP contribution < -0.4 is 4.21 Å². The van der Waals surface area contributed by atoms with E-state index in [-0.39, 0.29) is 0 Å². The summed E-state index contributed by atoms with van der Waals surface area (Å²) in [5.74, 6) is -0.722. The van der Waals surface area contributed by atoms with Gasteiger partial charge in [-0.2, -0.15) is 0 Å². The van der Waals surface area contributed by atoms with Crippen molar-refractivity contribution in [3.05, 3.63) is 72.6 Å². The van der Waals surface area contributed by atoms with Gasteiger partial charge in [-0.15, -0.1) is 0 Å². The van der Waals surface area contributed by atoms with Gasteiger partial charge in [-0.05, 0) is 0 Å². The van der Waals surface area contributed by atoms with Crippen LogP contribution in [-0.2, 0) is 17.9 Å². The zero-order valence-corrected chi connectivity index (χ0v) is 15.4. The molecular formula is C17H10F2IrN6. The second-order valence-electron chi connectivity index (χ2n) is 5.08. The van der Waals surface area contributed by atoms with Crippen molar-refractivity contribution < 1.29 is 26.7 Å². The Morgan fingerprint density at radius 3 is 2.58 bits per heavy atom. The van der Waals surface area contributed by atoms with Gasteiger partial charge in [0.05, 0.1) is 0 Å².